The topological polar surface area (TPSA) is 119 Å². The molecule has 0 radical (unpaired) electrons. The van der Waals surface area contributed by atoms with Gasteiger partial charge in [0.2, 0.25) is 5.91 Å². The third kappa shape index (κ3) is 10.6. The second-order valence-electron chi connectivity index (χ2n) is 6.75. The second-order valence-corrected chi connectivity index (χ2v) is 6.75. The first kappa shape index (κ1) is 21.3. The molecule has 0 aliphatic carbocycles. The fraction of sp³-hybridized carbons (Fsp3) is 0.800. The van der Waals surface area contributed by atoms with Crippen molar-refractivity contribution in [1.82, 2.24) is 15.5 Å². The Kier molecular flexibility index (Phi) is 9.43. The summed E-state index contributed by atoms with van der Waals surface area (Å²) in [5.74, 6) is -3.20. The van der Waals surface area contributed by atoms with Gasteiger partial charge < -0.3 is 25.7 Å². The number of piperidine rings is 1. The van der Waals surface area contributed by atoms with E-state index in [4.69, 9.17) is 19.8 Å². The van der Waals surface area contributed by atoms with Gasteiger partial charge in [0.15, 0.2) is 0 Å². The standard InChI is InChI=1S/C13H27N3O.C2H2O4/c1-13(2,10-16(3)4)9-15-12(17)11-5-7-14-8-6-11;3-1(4)2(5)6/h11,14H,5-10H2,1-4H3,(H,15,17);(H,3,4)(H,5,6). The van der Waals surface area contributed by atoms with E-state index in [1.165, 1.54) is 0 Å². The monoisotopic (exact) mass is 331 g/mol. The van der Waals surface area contributed by atoms with Crippen LogP contribution in [0.1, 0.15) is 26.7 Å². The Morgan fingerprint density at radius 1 is 1.13 bits per heavy atom. The van der Waals surface area contributed by atoms with Gasteiger partial charge in [-0.25, -0.2) is 9.59 Å². The Morgan fingerprint density at radius 3 is 2.00 bits per heavy atom. The molecule has 1 aliphatic heterocycles. The molecule has 1 rings (SSSR count). The summed E-state index contributed by atoms with van der Waals surface area (Å²) in [5, 5.41) is 21.2. The maximum Gasteiger partial charge on any atom is 0.414 e. The Labute approximate surface area is 137 Å². The van der Waals surface area contributed by atoms with Crippen molar-refractivity contribution in [3.63, 3.8) is 0 Å². The van der Waals surface area contributed by atoms with Crippen molar-refractivity contribution >= 4 is 17.8 Å². The Balaban J connectivity index is 0.000000688. The molecule has 0 atom stereocenters. The molecule has 0 aromatic carbocycles. The minimum Gasteiger partial charge on any atom is -0.473 e. The molecule has 134 valence electrons. The van der Waals surface area contributed by atoms with Gasteiger partial charge in [0.25, 0.3) is 0 Å². The second kappa shape index (κ2) is 10.2. The van der Waals surface area contributed by atoms with Crippen molar-refractivity contribution in [3.05, 3.63) is 0 Å². The highest BCUT2D eigenvalue weighted by molar-refractivity contribution is 6.27. The van der Waals surface area contributed by atoms with Gasteiger partial charge in [-0.2, -0.15) is 0 Å². The van der Waals surface area contributed by atoms with Gasteiger partial charge in [-0.1, -0.05) is 13.8 Å². The molecule has 1 saturated heterocycles. The van der Waals surface area contributed by atoms with Crippen LogP contribution in [0.5, 0.6) is 0 Å². The molecule has 4 N–H and O–H groups in total. The number of nitrogens with one attached hydrogen (secondary N) is 2. The van der Waals surface area contributed by atoms with Crippen LogP contribution in [0.25, 0.3) is 0 Å². The predicted octanol–water partition coefficient (Wildman–Crippen LogP) is -0.154. The number of hydrogen-bond acceptors (Lipinski definition) is 5. The zero-order valence-corrected chi connectivity index (χ0v) is 14.4. The summed E-state index contributed by atoms with van der Waals surface area (Å²) >= 11 is 0. The Morgan fingerprint density at radius 2 is 1.61 bits per heavy atom. The number of hydrogen-bond donors (Lipinski definition) is 4. The average molecular weight is 331 g/mol. The van der Waals surface area contributed by atoms with Crippen LogP contribution in [0, 0.1) is 11.3 Å². The van der Waals surface area contributed by atoms with Gasteiger partial charge in [-0.05, 0) is 45.4 Å². The van der Waals surface area contributed by atoms with E-state index in [-0.39, 0.29) is 17.2 Å². The highest BCUT2D eigenvalue weighted by Gasteiger charge is 2.24. The van der Waals surface area contributed by atoms with Crippen LogP contribution < -0.4 is 10.6 Å². The van der Waals surface area contributed by atoms with Crippen molar-refractivity contribution in [2.24, 2.45) is 11.3 Å². The fourth-order valence-electron chi connectivity index (χ4n) is 2.47. The zero-order valence-electron chi connectivity index (χ0n) is 14.4. The third-order valence-electron chi connectivity index (χ3n) is 3.38. The lowest BCUT2D eigenvalue weighted by molar-refractivity contribution is -0.159. The molecule has 1 heterocycles. The highest BCUT2D eigenvalue weighted by Crippen LogP contribution is 2.16. The summed E-state index contributed by atoms with van der Waals surface area (Å²) in [6.45, 7) is 8.07. The number of amides is 1. The Hall–Kier alpha value is -1.67. The molecule has 0 aromatic rings. The molecule has 0 aromatic heterocycles. The Bertz CT molecular complexity index is 392. The SMILES string of the molecule is CN(C)CC(C)(C)CNC(=O)C1CCNCC1.O=C(O)C(=O)O. The molecule has 1 aliphatic rings. The van der Waals surface area contributed by atoms with Crippen LogP contribution in [0.15, 0.2) is 0 Å². The van der Waals surface area contributed by atoms with Crippen LogP contribution in [-0.4, -0.2) is 73.2 Å². The van der Waals surface area contributed by atoms with Gasteiger partial charge in [-0.15, -0.1) is 0 Å². The molecule has 0 bridgehead atoms. The first-order valence-corrected chi connectivity index (χ1v) is 7.64. The summed E-state index contributed by atoms with van der Waals surface area (Å²) < 4.78 is 0. The minimum atomic E-state index is -1.82. The average Bonchev–Trinajstić information content (AvgIpc) is 2.45. The first-order chi connectivity index (χ1) is 10.5. The number of carboxylic acid groups (broad SMARTS) is 2. The summed E-state index contributed by atoms with van der Waals surface area (Å²) in [5.41, 5.74) is 0.131. The highest BCUT2D eigenvalue weighted by atomic mass is 16.4. The predicted molar refractivity (Wildman–Crippen MR) is 86.2 cm³/mol. The van der Waals surface area contributed by atoms with Crippen molar-refractivity contribution in [2.75, 3.05) is 40.3 Å². The van der Waals surface area contributed by atoms with E-state index < -0.39 is 11.9 Å². The van der Waals surface area contributed by atoms with Gasteiger partial charge >= 0.3 is 11.9 Å². The molecule has 0 saturated carbocycles. The van der Waals surface area contributed by atoms with E-state index in [0.717, 1.165) is 39.0 Å². The smallest absolute Gasteiger partial charge is 0.414 e. The summed E-state index contributed by atoms with van der Waals surface area (Å²) in [6.07, 6.45) is 1.94. The van der Waals surface area contributed by atoms with E-state index in [2.05, 4.69) is 43.5 Å². The maximum absolute atomic E-state index is 12.0. The lowest BCUT2D eigenvalue weighted by Crippen LogP contribution is -2.44. The molecule has 0 unspecified atom stereocenters. The molecular weight excluding hydrogens is 302 g/mol. The van der Waals surface area contributed by atoms with E-state index in [1.54, 1.807) is 0 Å². The zero-order chi connectivity index (χ0) is 18.0. The van der Waals surface area contributed by atoms with E-state index >= 15 is 0 Å². The lowest BCUT2D eigenvalue weighted by Gasteiger charge is -2.30. The third-order valence-corrected chi connectivity index (χ3v) is 3.38. The first-order valence-electron chi connectivity index (χ1n) is 7.64. The minimum absolute atomic E-state index is 0.131. The normalized spacial score (nSPS) is 15.5. The van der Waals surface area contributed by atoms with Crippen molar-refractivity contribution in [2.45, 2.75) is 26.7 Å². The molecular formula is C15H29N3O5. The van der Waals surface area contributed by atoms with Gasteiger partial charge in [-0.3, -0.25) is 4.79 Å². The van der Waals surface area contributed by atoms with Crippen molar-refractivity contribution in [3.8, 4) is 0 Å². The summed E-state index contributed by atoms with van der Waals surface area (Å²) in [7, 11) is 4.13. The van der Waals surface area contributed by atoms with Crippen LogP contribution >= 0.6 is 0 Å². The molecule has 0 spiro atoms. The lowest BCUT2D eigenvalue weighted by atomic mass is 9.91. The van der Waals surface area contributed by atoms with E-state index in [0.29, 0.717) is 0 Å². The number of nitrogens with zero attached hydrogens (tertiary/aromatic N) is 1. The summed E-state index contributed by atoms with van der Waals surface area (Å²) in [6, 6.07) is 0. The van der Waals surface area contributed by atoms with Crippen molar-refractivity contribution < 1.29 is 24.6 Å². The van der Waals surface area contributed by atoms with E-state index in [9.17, 15) is 4.79 Å². The fourth-order valence-corrected chi connectivity index (χ4v) is 2.47. The quantitative estimate of drug-likeness (QED) is 0.517. The number of carbonyl (C=O) groups excluding carboxylic acids is 1. The molecule has 8 heteroatoms. The number of aliphatic carboxylic acids is 2. The van der Waals surface area contributed by atoms with Gasteiger partial charge in [0.1, 0.15) is 0 Å². The van der Waals surface area contributed by atoms with Gasteiger partial charge in [0.05, 0.1) is 0 Å². The van der Waals surface area contributed by atoms with E-state index in [1.807, 2.05) is 0 Å². The number of carboxylic acids is 2. The molecule has 23 heavy (non-hydrogen) atoms. The maximum atomic E-state index is 12.0. The number of carbonyl (C=O) groups is 3. The molecule has 8 nitrogen and oxygen atoms in total. The van der Waals surface area contributed by atoms with Crippen LogP contribution in [0.4, 0.5) is 0 Å². The molecule has 1 amide bonds. The number of rotatable bonds is 5. The molecule has 1 fully saturated rings. The largest absolute Gasteiger partial charge is 0.473 e. The van der Waals surface area contributed by atoms with Crippen LogP contribution in [-0.2, 0) is 14.4 Å². The van der Waals surface area contributed by atoms with Crippen LogP contribution in [0.2, 0.25) is 0 Å². The van der Waals surface area contributed by atoms with Gasteiger partial charge in [0, 0.05) is 19.0 Å². The van der Waals surface area contributed by atoms with Crippen LogP contribution in [0.3, 0.4) is 0 Å². The van der Waals surface area contributed by atoms with Crippen molar-refractivity contribution in [1.29, 1.82) is 0 Å². The summed E-state index contributed by atoms with van der Waals surface area (Å²) in [4.78, 5) is 32.3.